The van der Waals surface area contributed by atoms with Crippen molar-refractivity contribution in [2.75, 3.05) is 0 Å². The molecule has 0 unspecified atom stereocenters. The van der Waals surface area contributed by atoms with Crippen molar-refractivity contribution in [3.05, 3.63) is 133 Å². The monoisotopic (exact) mass is 578 g/mol. The molecule has 0 N–H and O–H groups in total. The van der Waals surface area contributed by atoms with Crippen LogP contribution in [0.1, 0.15) is 0 Å². The zero-order valence-corrected chi connectivity index (χ0v) is 24.2. The topological polar surface area (TPSA) is 38.9 Å². The fourth-order valence-corrected chi connectivity index (χ4v) is 8.12. The van der Waals surface area contributed by atoms with E-state index >= 15 is 0 Å². The van der Waals surface area contributed by atoms with E-state index in [1.165, 1.54) is 41.7 Å². The van der Waals surface area contributed by atoms with Gasteiger partial charge in [0.2, 0.25) is 0 Å². The first-order chi connectivity index (χ1) is 21.8. The lowest BCUT2D eigenvalue weighted by Gasteiger charge is -2.12. The fourth-order valence-electron chi connectivity index (χ4n) is 6.86. The number of fused-ring (bicyclic) bond motifs is 6. The Morgan fingerprint density at radius 2 is 1.11 bits per heavy atom. The quantitative estimate of drug-likeness (QED) is 0.196. The van der Waals surface area contributed by atoms with Crippen molar-refractivity contribution in [2.24, 2.45) is 0 Å². The van der Waals surface area contributed by atoms with Crippen molar-refractivity contribution in [3.63, 3.8) is 0 Å². The SMILES string of the molecule is c1ccc(-c2cc(-c3ccc4c(c3)oc3ccccc34)nc(-c3ccc4c5ccccc5c5cccc6sc3c4c65)n2)cc1. The summed E-state index contributed by atoms with van der Waals surface area (Å²) in [5.74, 6) is 0.726. The third kappa shape index (κ3) is 3.37. The van der Waals surface area contributed by atoms with Gasteiger partial charge in [-0.2, -0.15) is 0 Å². The van der Waals surface area contributed by atoms with E-state index < -0.39 is 0 Å². The number of nitrogens with zero attached hydrogens (tertiary/aromatic N) is 2. The molecule has 10 rings (SSSR count). The van der Waals surface area contributed by atoms with Crippen molar-refractivity contribution in [3.8, 4) is 33.9 Å². The van der Waals surface area contributed by atoms with Gasteiger partial charge in [-0.25, -0.2) is 9.97 Å². The molecule has 0 fully saturated rings. The van der Waals surface area contributed by atoms with Crippen LogP contribution in [0.4, 0.5) is 0 Å². The van der Waals surface area contributed by atoms with Crippen LogP contribution < -0.4 is 0 Å². The molecule has 44 heavy (non-hydrogen) atoms. The number of hydrogen-bond acceptors (Lipinski definition) is 4. The number of thiophene rings is 1. The van der Waals surface area contributed by atoms with E-state index in [1.807, 2.05) is 29.5 Å². The summed E-state index contributed by atoms with van der Waals surface area (Å²) in [6.45, 7) is 0. The smallest absolute Gasteiger partial charge is 0.161 e. The molecule has 0 spiro atoms. The molecule has 0 aliphatic heterocycles. The van der Waals surface area contributed by atoms with E-state index in [0.29, 0.717) is 0 Å². The summed E-state index contributed by atoms with van der Waals surface area (Å²) in [7, 11) is 0. The van der Waals surface area contributed by atoms with Gasteiger partial charge >= 0.3 is 0 Å². The van der Waals surface area contributed by atoms with Gasteiger partial charge in [-0.1, -0.05) is 97.1 Å². The van der Waals surface area contributed by atoms with Gasteiger partial charge in [0.05, 0.1) is 11.4 Å². The Morgan fingerprint density at radius 3 is 1.95 bits per heavy atom. The van der Waals surface area contributed by atoms with Crippen molar-refractivity contribution in [1.82, 2.24) is 9.97 Å². The van der Waals surface area contributed by atoms with Gasteiger partial charge in [-0.15, -0.1) is 11.3 Å². The van der Waals surface area contributed by atoms with Gasteiger partial charge < -0.3 is 4.42 Å². The Labute approximate surface area is 256 Å². The fraction of sp³-hybridized carbons (Fsp3) is 0. The highest BCUT2D eigenvalue weighted by molar-refractivity contribution is 7.26. The van der Waals surface area contributed by atoms with Crippen LogP contribution >= 0.6 is 11.3 Å². The maximum atomic E-state index is 6.25. The zero-order valence-electron chi connectivity index (χ0n) is 23.4. The molecule has 0 atom stereocenters. The van der Waals surface area contributed by atoms with Crippen LogP contribution in [-0.4, -0.2) is 9.97 Å². The third-order valence-electron chi connectivity index (χ3n) is 8.86. The number of benzene rings is 7. The molecule has 0 aliphatic carbocycles. The first-order valence-corrected chi connectivity index (χ1v) is 15.6. The molecule has 3 aromatic heterocycles. The largest absolute Gasteiger partial charge is 0.456 e. The second-order valence-electron chi connectivity index (χ2n) is 11.3. The molecule has 0 aliphatic rings. The van der Waals surface area contributed by atoms with Gasteiger partial charge in [0, 0.05) is 47.6 Å². The van der Waals surface area contributed by atoms with E-state index in [-0.39, 0.29) is 0 Å². The highest BCUT2D eigenvalue weighted by Crippen LogP contribution is 2.48. The summed E-state index contributed by atoms with van der Waals surface area (Å²) in [6, 6.07) is 46.9. The number of furan rings is 1. The molecule has 3 heterocycles. The minimum Gasteiger partial charge on any atom is -0.456 e. The van der Waals surface area contributed by atoms with Crippen LogP contribution in [-0.2, 0) is 0 Å². The summed E-state index contributed by atoms with van der Waals surface area (Å²) in [5.41, 5.74) is 6.62. The summed E-state index contributed by atoms with van der Waals surface area (Å²) in [6.07, 6.45) is 0. The summed E-state index contributed by atoms with van der Waals surface area (Å²) >= 11 is 1.83. The Bertz CT molecular complexity index is 2720. The van der Waals surface area contributed by atoms with Gasteiger partial charge in [0.15, 0.2) is 5.82 Å². The number of para-hydroxylation sites is 1. The first-order valence-electron chi connectivity index (χ1n) is 14.7. The van der Waals surface area contributed by atoms with Crippen molar-refractivity contribution < 1.29 is 4.42 Å². The molecule has 3 nitrogen and oxygen atoms in total. The summed E-state index contributed by atoms with van der Waals surface area (Å²) in [4.78, 5) is 10.5. The lowest BCUT2D eigenvalue weighted by Crippen LogP contribution is -1.96. The van der Waals surface area contributed by atoms with Crippen molar-refractivity contribution >= 4 is 75.0 Å². The maximum Gasteiger partial charge on any atom is 0.161 e. The van der Waals surface area contributed by atoms with Crippen molar-refractivity contribution in [2.45, 2.75) is 0 Å². The van der Waals surface area contributed by atoms with Gasteiger partial charge in [-0.3, -0.25) is 0 Å². The van der Waals surface area contributed by atoms with Crippen LogP contribution in [0.2, 0.25) is 0 Å². The lowest BCUT2D eigenvalue weighted by atomic mass is 9.93. The van der Waals surface area contributed by atoms with E-state index in [9.17, 15) is 0 Å². The lowest BCUT2D eigenvalue weighted by molar-refractivity contribution is 0.669. The molecule has 7 aromatic carbocycles. The summed E-state index contributed by atoms with van der Waals surface area (Å²) in [5, 5.41) is 10.0. The molecule has 0 saturated carbocycles. The van der Waals surface area contributed by atoms with Crippen molar-refractivity contribution in [1.29, 1.82) is 0 Å². The Kier molecular flexibility index (Phi) is 4.87. The molecule has 0 radical (unpaired) electrons. The second-order valence-corrected chi connectivity index (χ2v) is 12.4. The normalized spacial score (nSPS) is 12.1. The Morgan fingerprint density at radius 1 is 0.455 bits per heavy atom. The molecule has 0 amide bonds. The molecule has 10 aromatic rings. The Hall–Kier alpha value is -5.58. The van der Waals surface area contributed by atoms with Gasteiger partial charge in [0.25, 0.3) is 0 Å². The number of hydrogen-bond donors (Lipinski definition) is 0. The number of aromatic nitrogens is 2. The highest BCUT2D eigenvalue weighted by atomic mass is 32.1. The highest BCUT2D eigenvalue weighted by Gasteiger charge is 2.21. The van der Waals surface area contributed by atoms with Crippen LogP contribution in [0.5, 0.6) is 0 Å². The minimum atomic E-state index is 0.726. The van der Waals surface area contributed by atoms with Crippen LogP contribution in [0, 0.1) is 0 Å². The Balaban J connectivity index is 1.25. The third-order valence-corrected chi connectivity index (χ3v) is 10.1. The van der Waals surface area contributed by atoms with Gasteiger partial charge in [0.1, 0.15) is 11.2 Å². The predicted octanol–water partition coefficient (Wildman–Crippen LogP) is 11.5. The molecular weight excluding hydrogens is 557 g/mol. The van der Waals surface area contributed by atoms with Crippen LogP contribution in [0.15, 0.2) is 138 Å². The average molecular weight is 579 g/mol. The first kappa shape index (κ1) is 23.9. The standard InChI is InChI=1S/C40H22N2OS/c1-2-9-23(10-3-1)32-22-33(24-17-18-28-27-13-6-7-15-34(27)43-35(28)21-24)42-40(41-32)31-20-19-30-26-12-5-4-11-25(26)29-14-8-16-36-37(29)38(30)39(31)44-36/h1-22H. The molecular formula is C40H22N2OS. The van der Waals surface area contributed by atoms with E-state index in [1.54, 1.807) is 0 Å². The molecule has 0 saturated heterocycles. The van der Waals surface area contributed by atoms with E-state index in [2.05, 4.69) is 115 Å². The second kappa shape index (κ2) is 8.96. The summed E-state index contributed by atoms with van der Waals surface area (Å²) < 4.78 is 8.77. The number of rotatable bonds is 3. The van der Waals surface area contributed by atoms with Crippen LogP contribution in [0.25, 0.3) is 97.6 Å². The van der Waals surface area contributed by atoms with Crippen LogP contribution in [0.3, 0.4) is 0 Å². The van der Waals surface area contributed by atoms with Gasteiger partial charge in [-0.05, 0) is 57.9 Å². The minimum absolute atomic E-state index is 0.726. The average Bonchev–Trinajstić information content (AvgIpc) is 3.67. The van der Waals surface area contributed by atoms with E-state index in [4.69, 9.17) is 14.4 Å². The van der Waals surface area contributed by atoms with E-state index in [0.717, 1.165) is 55.8 Å². The predicted molar refractivity (Wildman–Crippen MR) is 185 cm³/mol. The molecule has 4 heteroatoms. The maximum absolute atomic E-state index is 6.25. The molecule has 204 valence electrons. The molecule has 0 bridgehead atoms. The zero-order chi connectivity index (χ0) is 28.8.